The van der Waals surface area contributed by atoms with Crippen LogP contribution in [-0.4, -0.2) is 6.04 Å². The average molecular weight is 183 g/mol. The first-order valence-electron chi connectivity index (χ1n) is 5.78. The first kappa shape index (κ1) is 11.0. The topological polar surface area (TPSA) is 26.0 Å². The molecule has 1 nitrogen and oxygen atoms in total. The molecule has 0 aromatic rings. The lowest BCUT2D eigenvalue weighted by Crippen LogP contribution is -2.45. The lowest BCUT2D eigenvalue weighted by atomic mass is 9.63. The molecule has 1 rings (SSSR count). The number of hydrogen-bond acceptors (Lipinski definition) is 1. The molecule has 0 aromatic carbocycles. The van der Waals surface area contributed by atoms with Gasteiger partial charge in [-0.05, 0) is 42.9 Å². The summed E-state index contributed by atoms with van der Waals surface area (Å²) in [5, 5.41) is 0. The molecule has 4 atom stereocenters. The first-order chi connectivity index (χ1) is 6.02. The molecule has 0 radical (unpaired) electrons. The highest BCUT2D eigenvalue weighted by Crippen LogP contribution is 2.42. The second kappa shape index (κ2) is 4.45. The molecule has 0 aliphatic heterocycles. The zero-order chi connectivity index (χ0) is 10.0. The zero-order valence-electron chi connectivity index (χ0n) is 9.59. The van der Waals surface area contributed by atoms with Gasteiger partial charge in [-0.15, -0.1) is 0 Å². The normalized spacial score (nSPS) is 36.0. The Morgan fingerprint density at radius 2 is 1.85 bits per heavy atom. The highest BCUT2D eigenvalue weighted by atomic mass is 14.7. The lowest BCUT2D eigenvalue weighted by Gasteiger charge is -2.44. The maximum absolute atomic E-state index is 6.18. The smallest absolute Gasteiger partial charge is 0.00700 e. The monoisotopic (exact) mass is 183 g/mol. The Morgan fingerprint density at radius 3 is 2.23 bits per heavy atom. The molecule has 0 saturated heterocycles. The molecule has 78 valence electrons. The van der Waals surface area contributed by atoms with Crippen molar-refractivity contribution in [3.63, 3.8) is 0 Å². The molecule has 1 fully saturated rings. The van der Waals surface area contributed by atoms with Crippen LogP contribution in [0.25, 0.3) is 0 Å². The van der Waals surface area contributed by atoms with Gasteiger partial charge in [0.1, 0.15) is 0 Å². The van der Waals surface area contributed by atoms with E-state index in [1.807, 2.05) is 0 Å². The predicted octanol–water partition coefficient (Wildman–Crippen LogP) is 3.04. The SMILES string of the molecule is CC(C)CCC(N)C1CC(C)C1C. The average Bonchev–Trinajstić information content (AvgIpc) is 2.09. The molecule has 13 heavy (non-hydrogen) atoms. The first-order valence-corrected chi connectivity index (χ1v) is 5.78. The van der Waals surface area contributed by atoms with Crippen LogP contribution in [0.15, 0.2) is 0 Å². The maximum Gasteiger partial charge on any atom is 0.00700 e. The molecule has 1 heteroatoms. The fourth-order valence-electron chi connectivity index (χ4n) is 2.39. The maximum atomic E-state index is 6.18. The molecule has 1 aliphatic carbocycles. The van der Waals surface area contributed by atoms with Crippen molar-refractivity contribution in [1.82, 2.24) is 0 Å². The summed E-state index contributed by atoms with van der Waals surface area (Å²) in [5.74, 6) is 3.39. The second-order valence-corrected chi connectivity index (χ2v) is 5.37. The number of rotatable bonds is 4. The van der Waals surface area contributed by atoms with E-state index in [4.69, 9.17) is 5.73 Å². The predicted molar refractivity (Wildman–Crippen MR) is 58.5 cm³/mol. The van der Waals surface area contributed by atoms with Gasteiger partial charge in [0.15, 0.2) is 0 Å². The largest absolute Gasteiger partial charge is 0.327 e. The van der Waals surface area contributed by atoms with Gasteiger partial charge in [-0.1, -0.05) is 27.7 Å². The van der Waals surface area contributed by atoms with E-state index in [1.54, 1.807) is 0 Å². The molecule has 0 bridgehead atoms. The van der Waals surface area contributed by atoms with E-state index < -0.39 is 0 Å². The summed E-state index contributed by atoms with van der Waals surface area (Å²) < 4.78 is 0. The van der Waals surface area contributed by atoms with Crippen LogP contribution in [0.1, 0.15) is 47.0 Å². The van der Waals surface area contributed by atoms with Crippen LogP contribution in [0.3, 0.4) is 0 Å². The summed E-state index contributed by atoms with van der Waals surface area (Å²) in [6, 6.07) is 0.466. The third-order valence-electron chi connectivity index (χ3n) is 3.84. The number of nitrogens with two attached hydrogens (primary N) is 1. The van der Waals surface area contributed by atoms with Crippen LogP contribution in [0.5, 0.6) is 0 Å². The van der Waals surface area contributed by atoms with E-state index in [9.17, 15) is 0 Å². The van der Waals surface area contributed by atoms with Crippen LogP contribution < -0.4 is 5.73 Å². The number of hydrogen-bond donors (Lipinski definition) is 1. The zero-order valence-corrected chi connectivity index (χ0v) is 9.59. The molecule has 2 N–H and O–H groups in total. The van der Waals surface area contributed by atoms with Gasteiger partial charge in [-0.3, -0.25) is 0 Å². The molecule has 0 heterocycles. The van der Waals surface area contributed by atoms with Crippen molar-refractivity contribution in [2.45, 2.75) is 53.0 Å². The summed E-state index contributed by atoms with van der Waals surface area (Å²) in [6.07, 6.45) is 3.87. The molecule has 0 amide bonds. The van der Waals surface area contributed by atoms with Crippen LogP contribution in [0.2, 0.25) is 0 Å². The second-order valence-electron chi connectivity index (χ2n) is 5.37. The lowest BCUT2D eigenvalue weighted by molar-refractivity contribution is 0.0743. The Morgan fingerprint density at radius 1 is 1.23 bits per heavy atom. The molecule has 0 aromatic heterocycles. The highest BCUT2D eigenvalue weighted by molar-refractivity contribution is 4.90. The van der Waals surface area contributed by atoms with Crippen molar-refractivity contribution in [1.29, 1.82) is 0 Å². The van der Waals surface area contributed by atoms with Crippen LogP contribution in [0.4, 0.5) is 0 Å². The summed E-state index contributed by atoms with van der Waals surface area (Å²) in [7, 11) is 0. The molecule has 1 saturated carbocycles. The highest BCUT2D eigenvalue weighted by Gasteiger charge is 2.37. The van der Waals surface area contributed by atoms with E-state index >= 15 is 0 Å². The molecular formula is C12H25N. The summed E-state index contributed by atoms with van der Waals surface area (Å²) >= 11 is 0. The standard InChI is InChI=1S/C12H25N/c1-8(2)5-6-12(13)11-7-9(3)10(11)4/h8-12H,5-7,13H2,1-4H3. The van der Waals surface area contributed by atoms with Crippen molar-refractivity contribution in [2.75, 3.05) is 0 Å². The molecule has 4 unspecified atom stereocenters. The summed E-state index contributed by atoms with van der Waals surface area (Å²) in [4.78, 5) is 0. The Balaban J connectivity index is 2.21. The van der Waals surface area contributed by atoms with Crippen molar-refractivity contribution in [2.24, 2.45) is 29.4 Å². The van der Waals surface area contributed by atoms with Gasteiger partial charge in [-0.25, -0.2) is 0 Å². The fourth-order valence-corrected chi connectivity index (χ4v) is 2.39. The van der Waals surface area contributed by atoms with Crippen molar-refractivity contribution in [3.05, 3.63) is 0 Å². The van der Waals surface area contributed by atoms with E-state index in [0.717, 1.165) is 23.7 Å². The molecule has 1 aliphatic rings. The van der Waals surface area contributed by atoms with Gasteiger partial charge in [0.05, 0.1) is 0 Å². The fraction of sp³-hybridized carbons (Fsp3) is 1.00. The van der Waals surface area contributed by atoms with Crippen LogP contribution in [0, 0.1) is 23.7 Å². The van der Waals surface area contributed by atoms with E-state index in [0.29, 0.717) is 6.04 Å². The van der Waals surface area contributed by atoms with Crippen LogP contribution in [-0.2, 0) is 0 Å². The van der Waals surface area contributed by atoms with Gasteiger partial charge >= 0.3 is 0 Å². The Labute approximate surface area is 83.1 Å². The van der Waals surface area contributed by atoms with Crippen molar-refractivity contribution < 1.29 is 0 Å². The van der Waals surface area contributed by atoms with E-state index in [1.165, 1.54) is 19.3 Å². The third kappa shape index (κ3) is 2.70. The Bertz CT molecular complexity index is 153. The Kier molecular flexibility index (Phi) is 3.78. The third-order valence-corrected chi connectivity index (χ3v) is 3.84. The van der Waals surface area contributed by atoms with Gasteiger partial charge in [-0.2, -0.15) is 0 Å². The minimum atomic E-state index is 0.466. The van der Waals surface area contributed by atoms with Gasteiger partial charge in [0.25, 0.3) is 0 Å². The van der Waals surface area contributed by atoms with Crippen molar-refractivity contribution >= 4 is 0 Å². The molecule has 0 spiro atoms. The minimum absolute atomic E-state index is 0.466. The molecular weight excluding hydrogens is 158 g/mol. The van der Waals surface area contributed by atoms with Gasteiger partial charge in [0.2, 0.25) is 0 Å². The van der Waals surface area contributed by atoms with E-state index in [-0.39, 0.29) is 0 Å². The Hall–Kier alpha value is -0.0400. The van der Waals surface area contributed by atoms with Gasteiger partial charge < -0.3 is 5.73 Å². The quantitative estimate of drug-likeness (QED) is 0.712. The van der Waals surface area contributed by atoms with Gasteiger partial charge in [0, 0.05) is 6.04 Å². The van der Waals surface area contributed by atoms with Crippen molar-refractivity contribution in [3.8, 4) is 0 Å². The minimum Gasteiger partial charge on any atom is -0.327 e. The van der Waals surface area contributed by atoms with E-state index in [2.05, 4.69) is 27.7 Å². The summed E-state index contributed by atoms with van der Waals surface area (Å²) in [6.45, 7) is 9.25. The van der Waals surface area contributed by atoms with Crippen LogP contribution >= 0.6 is 0 Å². The summed E-state index contributed by atoms with van der Waals surface area (Å²) in [5.41, 5.74) is 6.18.